The van der Waals surface area contributed by atoms with E-state index < -0.39 is 0 Å². The molecule has 3 aromatic rings. The van der Waals surface area contributed by atoms with E-state index in [1.807, 2.05) is 6.92 Å². The molecule has 3 rings (SSSR count). The molecule has 6 nitrogen and oxygen atoms in total. The van der Waals surface area contributed by atoms with Crippen molar-refractivity contribution in [3.63, 3.8) is 0 Å². The van der Waals surface area contributed by atoms with Crippen LogP contribution in [0.25, 0.3) is 4.96 Å². The fraction of sp³-hybridized carbons (Fsp3) is 0.267. The third-order valence-corrected chi connectivity index (χ3v) is 4.48. The van der Waals surface area contributed by atoms with Gasteiger partial charge in [0, 0.05) is 23.9 Å². The predicted octanol–water partition coefficient (Wildman–Crippen LogP) is 3.07. The quantitative estimate of drug-likeness (QED) is 0.739. The number of hydrogen-bond donors (Lipinski definition) is 2. The molecule has 0 aliphatic rings. The van der Waals surface area contributed by atoms with E-state index in [0.29, 0.717) is 27.2 Å². The molecule has 0 spiro atoms. The first-order valence-electron chi connectivity index (χ1n) is 7.18. The molecule has 2 aromatic heterocycles. The van der Waals surface area contributed by atoms with Crippen molar-refractivity contribution in [3.8, 4) is 5.75 Å². The Bertz CT molecular complexity index is 906. The number of benzene rings is 1. The number of para-hydroxylation sites is 1. The largest absolute Gasteiger partial charge is 0.506 e. The van der Waals surface area contributed by atoms with E-state index in [1.54, 1.807) is 18.2 Å². The van der Waals surface area contributed by atoms with Crippen LogP contribution in [0.5, 0.6) is 5.75 Å². The highest BCUT2D eigenvalue weighted by atomic mass is 35.5. The van der Waals surface area contributed by atoms with Crippen molar-refractivity contribution in [2.45, 2.75) is 26.3 Å². The van der Waals surface area contributed by atoms with Crippen LogP contribution in [-0.4, -0.2) is 19.7 Å². The molecule has 8 heteroatoms. The Labute approximate surface area is 141 Å². The number of anilines is 1. The minimum absolute atomic E-state index is 0.0447. The lowest BCUT2D eigenvalue weighted by Gasteiger charge is -2.05. The maximum absolute atomic E-state index is 12.0. The number of halogens is 1. The topological polar surface area (TPSA) is 79.5 Å². The third-order valence-electron chi connectivity index (χ3n) is 3.30. The normalized spacial score (nSPS) is 11.0. The monoisotopic (exact) mass is 350 g/mol. The van der Waals surface area contributed by atoms with Crippen LogP contribution in [-0.2, 0) is 13.0 Å². The lowest BCUT2D eigenvalue weighted by atomic mass is 10.2. The summed E-state index contributed by atoms with van der Waals surface area (Å²) in [7, 11) is 0. The maximum atomic E-state index is 12.0. The summed E-state index contributed by atoms with van der Waals surface area (Å²) in [5.74, 6) is 0.0447. The van der Waals surface area contributed by atoms with Crippen LogP contribution >= 0.6 is 22.9 Å². The fourth-order valence-electron chi connectivity index (χ4n) is 2.19. The number of fused-ring (bicyclic) bond motifs is 1. The minimum Gasteiger partial charge on any atom is -0.506 e. The summed E-state index contributed by atoms with van der Waals surface area (Å²) in [5, 5.41) is 18.1. The average Bonchev–Trinajstić information content (AvgIpc) is 2.93. The second-order valence-electron chi connectivity index (χ2n) is 5.04. The number of rotatable bonds is 5. The zero-order valence-corrected chi connectivity index (χ0v) is 14.0. The Hall–Kier alpha value is -2.12. The van der Waals surface area contributed by atoms with Crippen LogP contribution in [0.15, 0.2) is 29.1 Å². The third kappa shape index (κ3) is 3.30. The predicted molar refractivity (Wildman–Crippen MR) is 91.6 cm³/mol. The lowest BCUT2D eigenvalue weighted by Crippen LogP contribution is -2.15. The number of aryl methyl sites for hydroxylation is 1. The van der Waals surface area contributed by atoms with Crippen molar-refractivity contribution in [2.75, 3.05) is 5.32 Å². The lowest BCUT2D eigenvalue weighted by molar-refractivity contribution is 0.469. The van der Waals surface area contributed by atoms with E-state index in [1.165, 1.54) is 21.9 Å². The van der Waals surface area contributed by atoms with Gasteiger partial charge >= 0.3 is 0 Å². The van der Waals surface area contributed by atoms with Gasteiger partial charge in [-0.05, 0) is 12.5 Å². The number of phenols is 1. The highest BCUT2D eigenvalue weighted by Gasteiger charge is 2.10. The van der Waals surface area contributed by atoms with E-state index in [-0.39, 0.29) is 11.3 Å². The van der Waals surface area contributed by atoms with Gasteiger partial charge in [0.05, 0.1) is 5.02 Å². The smallest absolute Gasteiger partial charge is 0.275 e. The van der Waals surface area contributed by atoms with Gasteiger partial charge in [0.1, 0.15) is 5.75 Å². The van der Waals surface area contributed by atoms with Crippen LogP contribution in [0.4, 0.5) is 5.13 Å². The second-order valence-corrected chi connectivity index (χ2v) is 6.40. The number of aromatic nitrogens is 3. The summed E-state index contributed by atoms with van der Waals surface area (Å²) in [5.41, 5.74) is 1.25. The highest BCUT2D eigenvalue weighted by molar-refractivity contribution is 7.20. The Morgan fingerprint density at radius 1 is 1.43 bits per heavy atom. The van der Waals surface area contributed by atoms with Gasteiger partial charge in [0.2, 0.25) is 10.1 Å². The molecule has 0 amide bonds. The van der Waals surface area contributed by atoms with E-state index in [0.717, 1.165) is 18.5 Å². The summed E-state index contributed by atoms with van der Waals surface area (Å²) < 4.78 is 1.28. The summed E-state index contributed by atoms with van der Waals surface area (Å²) in [6.45, 7) is 2.39. The molecule has 0 fully saturated rings. The number of phenolic OH excluding ortho intramolecular Hbond substituents is 1. The summed E-state index contributed by atoms with van der Waals surface area (Å²) in [4.78, 5) is 17.0. The molecule has 0 radical (unpaired) electrons. The van der Waals surface area contributed by atoms with Crippen molar-refractivity contribution < 1.29 is 5.11 Å². The number of aromatic hydroxyl groups is 1. The summed E-state index contributed by atoms with van der Waals surface area (Å²) in [6, 6.07) is 6.67. The molecule has 23 heavy (non-hydrogen) atoms. The van der Waals surface area contributed by atoms with Crippen molar-refractivity contribution in [3.05, 3.63) is 50.9 Å². The van der Waals surface area contributed by atoms with Crippen LogP contribution in [0, 0.1) is 0 Å². The summed E-state index contributed by atoms with van der Waals surface area (Å²) >= 11 is 7.18. The Balaban J connectivity index is 1.85. The fourth-order valence-corrected chi connectivity index (χ4v) is 3.20. The van der Waals surface area contributed by atoms with Crippen LogP contribution in [0.3, 0.4) is 0 Å². The van der Waals surface area contributed by atoms with Gasteiger partial charge in [-0.3, -0.25) is 4.79 Å². The van der Waals surface area contributed by atoms with Crippen molar-refractivity contribution >= 4 is 33.0 Å². The summed E-state index contributed by atoms with van der Waals surface area (Å²) in [6.07, 6.45) is 1.70. The first-order valence-corrected chi connectivity index (χ1v) is 8.38. The molecule has 0 unspecified atom stereocenters. The first-order chi connectivity index (χ1) is 11.1. The van der Waals surface area contributed by atoms with E-state index in [4.69, 9.17) is 11.6 Å². The van der Waals surface area contributed by atoms with Crippen LogP contribution in [0.1, 0.15) is 24.6 Å². The number of nitrogens with one attached hydrogen (secondary N) is 1. The van der Waals surface area contributed by atoms with Gasteiger partial charge in [0.25, 0.3) is 5.56 Å². The number of nitrogens with zero attached hydrogens (tertiary/aromatic N) is 3. The second kappa shape index (κ2) is 6.55. The molecule has 0 saturated carbocycles. The molecule has 0 aliphatic heterocycles. The van der Waals surface area contributed by atoms with Crippen LogP contribution in [0.2, 0.25) is 5.02 Å². The highest BCUT2D eigenvalue weighted by Crippen LogP contribution is 2.28. The first kappa shape index (κ1) is 15.8. The van der Waals surface area contributed by atoms with E-state index in [2.05, 4.69) is 15.4 Å². The zero-order chi connectivity index (χ0) is 16.4. The van der Waals surface area contributed by atoms with Crippen molar-refractivity contribution in [2.24, 2.45) is 0 Å². The van der Waals surface area contributed by atoms with E-state index >= 15 is 0 Å². The molecule has 2 heterocycles. The van der Waals surface area contributed by atoms with Crippen LogP contribution < -0.4 is 10.9 Å². The van der Waals surface area contributed by atoms with Gasteiger partial charge in [-0.15, -0.1) is 5.10 Å². The molecule has 2 N–H and O–H groups in total. The van der Waals surface area contributed by atoms with Crippen molar-refractivity contribution in [1.82, 2.24) is 14.6 Å². The Morgan fingerprint density at radius 3 is 3.04 bits per heavy atom. The molecular formula is C15H15ClN4O2S. The maximum Gasteiger partial charge on any atom is 0.275 e. The number of hydrogen-bond acceptors (Lipinski definition) is 6. The molecule has 120 valence electrons. The zero-order valence-electron chi connectivity index (χ0n) is 12.4. The molecule has 0 aliphatic carbocycles. The Kier molecular flexibility index (Phi) is 4.49. The van der Waals surface area contributed by atoms with Gasteiger partial charge < -0.3 is 10.4 Å². The molecule has 0 bridgehead atoms. The minimum atomic E-state index is -0.187. The molecule has 1 aromatic carbocycles. The molecule has 0 saturated heterocycles. The Morgan fingerprint density at radius 2 is 2.26 bits per heavy atom. The standard InChI is InChI=1S/C15H15ClN4O2S/c1-2-4-10-7-12(21)20-15(18-10)23-14(19-20)17-8-9-5-3-6-11(16)13(9)22/h3,5-7,22H,2,4,8H2,1H3,(H,17,19). The average molecular weight is 351 g/mol. The molecular weight excluding hydrogens is 336 g/mol. The van der Waals surface area contributed by atoms with Gasteiger partial charge in [0.15, 0.2) is 0 Å². The SMILES string of the molecule is CCCc1cc(=O)n2nc(NCc3cccc(Cl)c3O)sc2n1. The van der Waals surface area contributed by atoms with Gasteiger partial charge in [-0.1, -0.05) is 48.4 Å². The van der Waals surface area contributed by atoms with E-state index in [9.17, 15) is 9.90 Å². The van der Waals surface area contributed by atoms with Gasteiger partial charge in [-0.25, -0.2) is 4.98 Å². The molecule has 0 atom stereocenters. The van der Waals surface area contributed by atoms with Gasteiger partial charge in [-0.2, -0.15) is 4.52 Å². The van der Waals surface area contributed by atoms with Crippen molar-refractivity contribution in [1.29, 1.82) is 0 Å².